The molecular formula is C15H16FNO3. The summed E-state index contributed by atoms with van der Waals surface area (Å²) in [7, 11) is 0. The van der Waals surface area contributed by atoms with Gasteiger partial charge in [-0.2, -0.15) is 0 Å². The largest absolute Gasteiger partial charge is 0.449 e. The lowest BCUT2D eigenvalue weighted by molar-refractivity contribution is -0.150. The Morgan fingerprint density at radius 3 is 2.85 bits per heavy atom. The van der Waals surface area contributed by atoms with E-state index in [1.165, 1.54) is 31.2 Å². The van der Waals surface area contributed by atoms with Crippen molar-refractivity contribution in [2.75, 3.05) is 0 Å². The fourth-order valence-electron chi connectivity index (χ4n) is 1.59. The second-order valence-electron chi connectivity index (χ2n) is 4.75. The van der Waals surface area contributed by atoms with Crippen LogP contribution >= 0.6 is 0 Å². The molecule has 1 atom stereocenters. The van der Waals surface area contributed by atoms with Gasteiger partial charge in [0.25, 0.3) is 5.91 Å². The third-order valence-corrected chi connectivity index (χ3v) is 2.85. The average Bonchev–Trinajstić information content (AvgIpc) is 3.20. The van der Waals surface area contributed by atoms with Crippen LogP contribution in [0.4, 0.5) is 4.39 Å². The molecule has 1 aliphatic carbocycles. The fourth-order valence-corrected chi connectivity index (χ4v) is 1.59. The molecule has 106 valence electrons. The summed E-state index contributed by atoms with van der Waals surface area (Å²) in [5.74, 6) is -1.30. The van der Waals surface area contributed by atoms with E-state index in [-0.39, 0.29) is 17.8 Å². The topological polar surface area (TPSA) is 55.4 Å². The Hall–Kier alpha value is -2.17. The molecule has 1 aromatic rings. The number of esters is 1. The molecule has 0 aromatic heterocycles. The van der Waals surface area contributed by atoms with Gasteiger partial charge in [-0.25, -0.2) is 9.18 Å². The summed E-state index contributed by atoms with van der Waals surface area (Å²) in [6, 6.07) is 6.06. The van der Waals surface area contributed by atoms with E-state index in [1.807, 2.05) is 0 Å². The van der Waals surface area contributed by atoms with E-state index < -0.39 is 12.1 Å². The van der Waals surface area contributed by atoms with Crippen LogP contribution in [0.1, 0.15) is 25.3 Å². The Morgan fingerprint density at radius 2 is 2.20 bits per heavy atom. The SMILES string of the molecule is C[C@H](OC(=O)/C=C/c1cccc(F)c1)C(=O)NC1CC1. The summed E-state index contributed by atoms with van der Waals surface area (Å²) < 4.78 is 17.9. The Kier molecular flexibility index (Phi) is 4.50. The Labute approximate surface area is 116 Å². The number of hydrogen-bond acceptors (Lipinski definition) is 3. The maximum atomic E-state index is 12.9. The smallest absolute Gasteiger partial charge is 0.331 e. The van der Waals surface area contributed by atoms with Gasteiger partial charge in [0.05, 0.1) is 0 Å². The van der Waals surface area contributed by atoms with Crippen LogP contribution < -0.4 is 5.32 Å². The van der Waals surface area contributed by atoms with Crippen LogP contribution in [0.15, 0.2) is 30.3 Å². The predicted octanol–water partition coefficient (Wildman–Crippen LogP) is 2.05. The number of carbonyl (C=O) groups excluding carboxylic acids is 2. The van der Waals surface area contributed by atoms with Crippen LogP contribution in [0.5, 0.6) is 0 Å². The summed E-state index contributed by atoms with van der Waals surface area (Å²) in [6.07, 6.45) is 3.74. The molecule has 0 saturated heterocycles. The fraction of sp³-hybridized carbons (Fsp3) is 0.333. The molecule has 0 radical (unpaired) electrons. The van der Waals surface area contributed by atoms with Gasteiger partial charge in [0.15, 0.2) is 6.10 Å². The second-order valence-corrected chi connectivity index (χ2v) is 4.75. The Bertz CT molecular complexity index is 538. The number of halogens is 1. The molecule has 0 unspecified atom stereocenters. The van der Waals surface area contributed by atoms with E-state index in [2.05, 4.69) is 5.32 Å². The quantitative estimate of drug-likeness (QED) is 0.662. The van der Waals surface area contributed by atoms with Crippen LogP contribution in [0.3, 0.4) is 0 Å². The van der Waals surface area contributed by atoms with Gasteiger partial charge in [-0.05, 0) is 43.5 Å². The summed E-state index contributed by atoms with van der Waals surface area (Å²) in [5.41, 5.74) is 0.553. The summed E-state index contributed by atoms with van der Waals surface area (Å²) in [5, 5.41) is 2.75. The van der Waals surface area contributed by atoms with Gasteiger partial charge >= 0.3 is 5.97 Å². The molecule has 1 aliphatic rings. The van der Waals surface area contributed by atoms with Crippen molar-refractivity contribution in [1.82, 2.24) is 5.32 Å². The molecule has 1 aromatic carbocycles. The lowest BCUT2D eigenvalue weighted by Gasteiger charge is -2.11. The summed E-state index contributed by atoms with van der Waals surface area (Å²) >= 11 is 0. The van der Waals surface area contributed by atoms with E-state index in [0.29, 0.717) is 5.56 Å². The first-order chi connectivity index (χ1) is 9.54. The van der Waals surface area contributed by atoms with Crippen molar-refractivity contribution in [1.29, 1.82) is 0 Å². The molecule has 1 amide bonds. The molecular weight excluding hydrogens is 261 g/mol. The van der Waals surface area contributed by atoms with E-state index in [0.717, 1.165) is 12.8 Å². The first kappa shape index (κ1) is 14.2. The van der Waals surface area contributed by atoms with Crippen molar-refractivity contribution >= 4 is 18.0 Å². The maximum absolute atomic E-state index is 12.9. The number of hydrogen-bond donors (Lipinski definition) is 1. The third-order valence-electron chi connectivity index (χ3n) is 2.85. The molecule has 1 fully saturated rings. The van der Waals surface area contributed by atoms with Crippen LogP contribution in [0, 0.1) is 5.82 Å². The molecule has 0 bridgehead atoms. The summed E-state index contributed by atoms with van der Waals surface area (Å²) in [6.45, 7) is 1.52. The van der Waals surface area contributed by atoms with Crippen molar-refractivity contribution in [2.45, 2.75) is 31.9 Å². The van der Waals surface area contributed by atoms with Crippen molar-refractivity contribution in [3.8, 4) is 0 Å². The minimum absolute atomic E-state index is 0.228. The first-order valence-corrected chi connectivity index (χ1v) is 6.49. The van der Waals surface area contributed by atoms with Crippen molar-refractivity contribution in [3.05, 3.63) is 41.7 Å². The van der Waals surface area contributed by atoms with Crippen molar-refractivity contribution < 1.29 is 18.7 Å². The zero-order valence-electron chi connectivity index (χ0n) is 11.1. The molecule has 1 N–H and O–H groups in total. The van der Waals surface area contributed by atoms with E-state index in [4.69, 9.17) is 4.74 Å². The lowest BCUT2D eigenvalue weighted by Crippen LogP contribution is -2.36. The average molecular weight is 277 g/mol. The Morgan fingerprint density at radius 1 is 1.45 bits per heavy atom. The number of nitrogens with one attached hydrogen (secondary N) is 1. The molecule has 2 rings (SSSR count). The van der Waals surface area contributed by atoms with Gasteiger partial charge in [-0.1, -0.05) is 12.1 Å². The Balaban J connectivity index is 1.83. The highest BCUT2D eigenvalue weighted by Gasteiger charge is 2.26. The van der Waals surface area contributed by atoms with E-state index in [1.54, 1.807) is 12.1 Å². The van der Waals surface area contributed by atoms with E-state index >= 15 is 0 Å². The highest BCUT2D eigenvalue weighted by Crippen LogP contribution is 2.18. The second kappa shape index (κ2) is 6.32. The van der Waals surface area contributed by atoms with Crippen LogP contribution in [0.25, 0.3) is 6.08 Å². The zero-order valence-corrected chi connectivity index (χ0v) is 11.1. The van der Waals surface area contributed by atoms with Crippen LogP contribution in [-0.2, 0) is 14.3 Å². The standard InChI is InChI=1S/C15H16FNO3/c1-10(15(19)17-13-6-7-13)20-14(18)8-5-11-3-2-4-12(16)9-11/h2-5,8-10,13H,6-7H2,1H3,(H,17,19)/b8-5+/t10-/m0/s1. The van der Waals surface area contributed by atoms with Crippen molar-refractivity contribution in [3.63, 3.8) is 0 Å². The van der Waals surface area contributed by atoms with Gasteiger partial charge < -0.3 is 10.1 Å². The van der Waals surface area contributed by atoms with Gasteiger partial charge in [0, 0.05) is 12.1 Å². The van der Waals surface area contributed by atoms with Crippen LogP contribution in [0.2, 0.25) is 0 Å². The van der Waals surface area contributed by atoms with Crippen molar-refractivity contribution in [2.24, 2.45) is 0 Å². The predicted molar refractivity (Wildman–Crippen MR) is 72.2 cm³/mol. The molecule has 0 heterocycles. The number of rotatable bonds is 5. The highest BCUT2D eigenvalue weighted by molar-refractivity contribution is 5.90. The highest BCUT2D eigenvalue weighted by atomic mass is 19.1. The number of amides is 1. The minimum Gasteiger partial charge on any atom is -0.449 e. The zero-order chi connectivity index (χ0) is 14.5. The van der Waals surface area contributed by atoms with E-state index in [9.17, 15) is 14.0 Å². The number of ether oxygens (including phenoxy) is 1. The van der Waals surface area contributed by atoms with Gasteiger partial charge in [0.1, 0.15) is 5.82 Å². The summed E-state index contributed by atoms with van der Waals surface area (Å²) in [4.78, 5) is 23.1. The molecule has 0 aliphatic heterocycles. The molecule has 1 saturated carbocycles. The lowest BCUT2D eigenvalue weighted by atomic mass is 10.2. The van der Waals surface area contributed by atoms with Gasteiger partial charge in [0.2, 0.25) is 0 Å². The molecule has 20 heavy (non-hydrogen) atoms. The molecule has 0 spiro atoms. The minimum atomic E-state index is -0.833. The number of benzene rings is 1. The normalized spacial score (nSPS) is 15.9. The molecule has 5 heteroatoms. The maximum Gasteiger partial charge on any atom is 0.331 e. The number of carbonyl (C=O) groups is 2. The monoisotopic (exact) mass is 277 g/mol. The van der Waals surface area contributed by atoms with Gasteiger partial charge in [-0.3, -0.25) is 4.79 Å². The van der Waals surface area contributed by atoms with Crippen LogP contribution in [-0.4, -0.2) is 24.0 Å². The van der Waals surface area contributed by atoms with Gasteiger partial charge in [-0.15, -0.1) is 0 Å². The third kappa shape index (κ3) is 4.50. The first-order valence-electron chi connectivity index (χ1n) is 6.49. The molecule has 4 nitrogen and oxygen atoms in total.